The quantitative estimate of drug-likeness (QED) is 0.541. The molecule has 0 fully saturated rings. The lowest BCUT2D eigenvalue weighted by atomic mass is 10.2. The third kappa shape index (κ3) is 6.50. The Labute approximate surface area is 117 Å². The molecule has 0 aliphatic heterocycles. The lowest BCUT2D eigenvalue weighted by Crippen LogP contribution is -2.21. The number of esters is 1. The minimum absolute atomic E-state index is 0.0182. The van der Waals surface area contributed by atoms with Crippen molar-refractivity contribution in [1.82, 2.24) is 0 Å². The summed E-state index contributed by atoms with van der Waals surface area (Å²) >= 11 is 0. The topological polar surface area (TPSA) is 105 Å². The molecule has 0 radical (unpaired) electrons. The normalized spacial score (nSPS) is 11.1. The van der Waals surface area contributed by atoms with Crippen molar-refractivity contribution in [2.45, 2.75) is 0 Å². The molecule has 0 spiro atoms. The minimum atomic E-state index is -3.50. The Morgan fingerprint density at radius 2 is 2.00 bits per heavy atom. The van der Waals surface area contributed by atoms with Crippen LogP contribution in [-0.4, -0.2) is 47.1 Å². The summed E-state index contributed by atoms with van der Waals surface area (Å²) in [7, 11) is -2.20. The maximum Gasteiger partial charge on any atom is 0.337 e. The van der Waals surface area contributed by atoms with Crippen molar-refractivity contribution in [3.8, 4) is 5.75 Å². The number of hydrogen-bond donors (Lipinski definition) is 1. The standard InChI is InChI=1S/C12H17NO6S/c1-17-12(14)10-3-2-4-11(9-10)19-6-5-18-7-8-20(13,15)16/h2-4,9H,5-8H2,1H3,(H2,13,15,16). The zero-order valence-electron chi connectivity index (χ0n) is 11.1. The van der Waals surface area contributed by atoms with Crippen molar-refractivity contribution in [1.29, 1.82) is 0 Å². The van der Waals surface area contributed by atoms with Crippen LogP contribution in [-0.2, 0) is 19.5 Å². The predicted octanol–water partition coefficient (Wildman–Crippen LogP) is 0.157. The number of rotatable bonds is 8. The molecular weight excluding hydrogens is 286 g/mol. The minimum Gasteiger partial charge on any atom is -0.491 e. The van der Waals surface area contributed by atoms with Crippen LogP contribution in [0.5, 0.6) is 5.75 Å². The summed E-state index contributed by atoms with van der Waals surface area (Å²) in [5.74, 6) is -0.173. The Hall–Kier alpha value is -1.64. The average Bonchev–Trinajstić information content (AvgIpc) is 2.41. The number of carbonyl (C=O) groups excluding carboxylic acids is 1. The maximum atomic E-state index is 11.3. The molecule has 7 nitrogen and oxygen atoms in total. The van der Waals surface area contributed by atoms with Crippen LogP contribution in [0.1, 0.15) is 10.4 Å². The van der Waals surface area contributed by atoms with Gasteiger partial charge in [-0.05, 0) is 18.2 Å². The highest BCUT2D eigenvalue weighted by Crippen LogP contribution is 2.13. The van der Waals surface area contributed by atoms with Crippen LogP contribution in [0.25, 0.3) is 0 Å². The van der Waals surface area contributed by atoms with E-state index in [1.54, 1.807) is 24.3 Å². The Kier molecular flexibility index (Phi) is 6.43. The highest BCUT2D eigenvalue weighted by Gasteiger charge is 2.06. The maximum absolute atomic E-state index is 11.3. The molecule has 1 rings (SSSR count). The van der Waals surface area contributed by atoms with Gasteiger partial charge in [-0.1, -0.05) is 6.07 Å². The van der Waals surface area contributed by atoms with Gasteiger partial charge >= 0.3 is 5.97 Å². The van der Waals surface area contributed by atoms with Gasteiger partial charge in [-0.25, -0.2) is 18.4 Å². The summed E-state index contributed by atoms with van der Waals surface area (Å²) in [4.78, 5) is 11.3. The third-order valence-electron chi connectivity index (χ3n) is 2.26. The van der Waals surface area contributed by atoms with Crippen LogP contribution in [0, 0.1) is 0 Å². The first-order valence-corrected chi connectivity index (χ1v) is 7.53. The summed E-state index contributed by atoms with van der Waals surface area (Å²) in [5, 5.41) is 4.82. The van der Waals surface area contributed by atoms with Gasteiger partial charge in [0, 0.05) is 0 Å². The molecule has 0 amide bonds. The van der Waals surface area contributed by atoms with E-state index in [0.29, 0.717) is 11.3 Å². The Morgan fingerprint density at radius 1 is 1.25 bits per heavy atom. The van der Waals surface area contributed by atoms with E-state index in [9.17, 15) is 13.2 Å². The van der Waals surface area contributed by atoms with Gasteiger partial charge in [0.05, 0.1) is 31.6 Å². The molecule has 0 bridgehead atoms. The molecule has 0 atom stereocenters. The van der Waals surface area contributed by atoms with Crippen molar-refractivity contribution in [3.05, 3.63) is 29.8 Å². The molecule has 20 heavy (non-hydrogen) atoms. The van der Waals surface area contributed by atoms with Crippen LogP contribution >= 0.6 is 0 Å². The zero-order valence-corrected chi connectivity index (χ0v) is 11.9. The van der Waals surface area contributed by atoms with E-state index in [1.165, 1.54) is 7.11 Å². The fourth-order valence-corrected chi connectivity index (χ4v) is 1.68. The molecule has 0 heterocycles. The summed E-state index contributed by atoms with van der Waals surface area (Å²) in [6.45, 7) is 0.470. The molecule has 112 valence electrons. The van der Waals surface area contributed by atoms with Gasteiger partial charge in [0.15, 0.2) is 0 Å². The fraction of sp³-hybridized carbons (Fsp3) is 0.417. The molecule has 0 aromatic heterocycles. The van der Waals surface area contributed by atoms with E-state index in [4.69, 9.17) is 14.6 Å². The Bertz CT molecular complexity index is 543. The van der Waals surface area contributed by atoms with Crippen LogP contribution in [0.2, 0.25) is 0 Å². The van der Waals surface area contributed by atoms with Crippen LogP contribution in [0.3, 0.4) is 0 Å². The number of ether oxygens (including phenoxy) is 3. The van der Waals surface area contributed by atoms with Crippen molar-refractivity contribution in [3.63, 3.8) is 0 Å². The lowest BCUT2D eigenvalue weighted by molar-refractivity contribution is 0.0600. The van der Waals surface area contributed by atoms with Crippen molar-refractivity contribution in [2.75, 3.05) is 32.7 Å². The van der Waals surface area contributed by atoms with Crippen LogP contribution < -0.4 is 9.88 Å². The van der Waals surface area contributed by atoms with Gasteiger partial charge in [-0.2, -0.15) is 0 Å². The van der Waals surface area contributed by atoms with E-state index in [1.807, 2.05) is 0 Å². The van der Waals surface area contributed by atoms with Crippen LogP contribution in [0.4, 0.5) is 0 Å². The van der Waals surface area contributed by atoms with Gasteiger partial charge in [0.1, 0.15) is 12.4 Å². The number of benzene rings is 1. The fourth-order valence-electron chi connectivity index (χ4n) is 1.33. The summed E-state index contributed by atoms with van der Waals surface area (Å²) in [6, 6.07) is 6.53. The van der Waals surface area contributed by atoms with E-state index in [-0.39, 0.29) is 25.6 Å². The molecule has 0 unspecified atom stereocenters. The van der Waals surface area contributed by atoms with Crippen LogP contribution in [0.15, 0.2) is 24.3 Å². The highest BCUT2D eigenvalue weighted by atomic mass is 32.2. The van der Waals surface area contributed by atoms with Crippen molar-refractivity contribution >= 4 is 16.0 Å². The molecular formula is C12H17NO6S. The van der Waals surface area contributed by atoms with Gasteiger partial charge in [-0.15, -0.1) is 0 Å². The van der Waals surface area contributed by atoms with E-state index in [0.717, 1.165) is 0 Å². The van der Waals surface area contributed by atoms with Gasteiger partial charge < -0.3 is 14.2 Å². The second-order valence-corrected chi connectivity index (χ2v) is 5.58. The van der Waals surface area contributed by atoms with Crippen molar-refractivity contribution < 1.29 is 27.4 Å². The average molecular weight is 303 g/mol. The predicted molar refractivity (Wildman–Crippen MR) is 72.1 cm³/mol. The van der Waals surface area contributed by atoms with Gasteiger partial charge in [0.25, 0.3) is 0 Å². The lowest BCUT2D eigenvalue weighted by Gasteiger charge is -2.08. The number of hydrogen-bond acceptors (Lipinski definition) is 6. The smallest absolute Gasteiger partial charge is 0.337 e. The van der Waals surface area contributed by atoms with Crippen molar-refractivity contribution in [2.24, 2.45) is 5.14 Å². The summed E-state index contributed by atoms with van der Waals surface area (Å²) < 4.78 is 36.3. The highest BCUT2D eigenvalue weighted by molar-refractivity contribution is 7.89. The summed E-state index contributed by atoms with van der Waals surface area (Å²) in [6.07, 6.45) is 0. The molecule has 0 saturated carbocycles. The van der Waals surface area contributed by atoms with Gasteiger partial charge in [0.2, 0.25) is 10.0 Å². The van der Waals surface area contributed by atoms with E-state index < -0.39 is 16.0 Å². The molecule has 1 aromatic rings. The molecule has 0 saturated heterocycles. The first-order valence-electron chi connectivity index (χ1n) is 5.82. The number of nitrogens with two attached hydrogens (primary N) is 1. The largest absolute Gasteiger partial charge is 0.491 e. The SMILES string of the molecule is COC(=O)c1cccc(OCCOCCS(N)(=O)=O)c1. The molecule has 1 aromatic carbocycles. The third-order valence-corrected chi connectivity index (χ3v) is 3.00. The molecule has 0 aliphatic carbocycles. The van der Waals surface area contributed by atoms with E-state index in [2.05, 4.69) is 4.74 Å². The van der Waals surface area contributed by atoms with Gasteiger partial charge in [-0.3, -0.25) is 0 Å². The number of methoxy groups -OCH3 is 1. The summed E-state index contributed by atoms with van der Waals surface area (Å²) in [5.41, 5.74) is 0.389. The second kappa shape index (κ2) is 7.83. The molecule has 2 N–H and O–H groups in total. The number of primary sulfonamides is 1. The second-order valence-electron chi connectivity index (χ2n) is 3.85. The number of carbonyl (C=O) groups is 1. The number of sulfonamides is 1. The Balaban J connectivity index is 2.30. The zero-order chi connectivity index (χ0) is 15.0. The molecule has 8 heteroatoms. The Morgan fingerprint density at radius 3 is 2.65 bits per heavy atom. The first kappa shape index (κ1) is 16.4. The van der Waals surface area contributed by atoms with E-state index >= 15 is 0 Å². The first-order chi connectivity index (χ1) is 9.42. The molecule has 0 aliphatic rings. The monoisotopic (exact) mass is 303 g/mol.